The van der Waals surface area contributed by atoms with Crippen LogP contribution >= 0.6 is 11.3 Å². The molecule has 1 aromatic heterocycles. The zero-order valence-electron chi connectivity index (χ0n) is 15.2. The number of quaternary nitrogens is 1. The zero-order chi connectivity index (χ0) is 20.0. The van der Waals surface area contributed by atoms with E-state index in [1.807, 2.05) is 0 Å². The predicted octanol–water partition coefficient (Wildman–Crippen LogP) is -0.347. The van der Waals surface area contributed by atoms with Crippen LogP contribution in [0.5, 0.6) is 0 Å². The Balaban J connectivity index is 1.55. The Kier molecular flexibility index (Phi) is 4.48. The van der Waals surface area contributed by atoms with Crippen molar-refractivity contribution in [3.8, 4) is 0 Å². The third kappa shape index (κ3) is 2.98. The Labute approximate surface area is 164 Å². The maximum atomic E-state index is 12.6. The van der Waals surface area contributed by atoms with Gasteiger partial charge in [-0.25, -0.2) is 0 Å². The highest BCUT2D eigenvalue weighted by molar-refractivity contribution is 7.17. The first-order valence-electron chi connectivity index (χ1n) is 8.87. The van der Waals surface area contributed by atoms with Gasteiger partial charge in [0.2, 0.25) is 5.91 Å². The lowest BCUT2D eigenvalue weighted by Gasteiger charge is -2.19. The topological polar surface area (TPSA) is 114 Å². The number of hydrogen-bond donors (Lipinski definition) is 3. The summed E-state index contributed by atoms with van der Waals surface area (Å²) in [6.45, 7) is 1.22. The highest BCUT2D eigenvalue weighted by atomic mass is 32.1. The average Bonchev–Trinajstić information content (AvgIpc) is 3.12. The van der Waals surface area contributed by atoms with E-state index in [0.717, 1.165) is 28.4 Å². The lowest BCUT2D eigenvalue weighted by molar-refractivity contribution is -0.895. The smallest absolute Gasteiger partial charge is 0.262 e. The van der Waals surface area contributed by atoms with Gasteiger partial charge in [-0.1, -0.05) is 12.1 Å². The van der Waals surface area contributed by atoms with Crippen LogP contribution in [0, 0.1) is 0 Å². The summed E-state index contributed by atoms with van der Waals surface area (Å²) < 4.78 is 0. The normalized spacial score (nSPS) is 18.0. The Morgan fingerprint density at radius 3 is 2.46 bits per heavy atom. The van der Waals surface area contributed by atoms with Crippen molar-refractivity contribution in [3.05, 3.63) is 51.4 Å². The molecule has 2 aliphatic heterocycles. The molecule has 0 radical (unpaired) electrons. The number of benzene rings is 1. The molecule has 9 heteroatoms. The minimum atomic E-state index is -0.590. The molecule has 0 saturated carbocycles. The molecule has 4 N–H and O–H groups in total. The van der Waals surface area contributed by atoms with Gasteiger partial charge in [0.25, 0.3) is 17.7 Å². The molecule has 8 nitrogen and oxygen atoms in total. The number of rotatable bonds is 4. The van der Waals surface area contributed by atoms with E-state index in [1.165, 1.54) is 16.2 Å². The lowest BCUT2D eigenvalue weighted by Crippen LogP contribution is -3.08. The summed E-state index contributed by atoms with van der Waals surface area (Å²) in [5, 5.41) is 3.07. The number of hydrogen-bond acceptors (Lipinski definition) is 5. The number of thiophene rings is 1. The van der Waals surface area contributed by atoms with Crippen molar-refractivity contribution in [1.82, 2.24) is 4.90 Å². The summed E-state index contributed by atoms with van der Waals surface area (Å²) in [6, 6.07) is 6.46. The molecule has 0 spiro atoms. The van der Waals surface area contributed by atoms with Crippen molar-refractivity contribution in [2.75, 3.05) is 25.5 Å². The number of carbonyl (C=O) groups excluding carboxylic acids is 4. The van der Waals surface area contributed by atoms with Crippen LogP contribution in [0.25, 0.3) is 0 Å². The molecule has 2 aliphatic rings. The van der Waals surface area contributed by atoms with Crippen LogP contribution in [0.15, 0.2) is 24.3 Å². The van der Waals surface area contributed by atoms with Gasteiger partial charge >= 0.3 is 0 Å². The Morgan fingerprint density at radius 2 is 1.86 bits per heavy atom. The summed E-state index contributed by atoms with van der Waals surface area (Å²) in [5.74, 6) is -2.13. The van der Waals surface area contributed by atoms with Crippen LogP contribution < -0.4 is 16.0 Å². The van der Waals surface area contributed by atoms with Crippen LogP contribution in [0.1, 0.15) is 41.5 Å². The second-order valence-corrected chi connectivity index (χ2v) is 8.10. The maximum absolute atomic E-state index is 12.6. The van der Waals surface area contributed by atoms with Crippen molar-refractivity contribution in [2.45, 2.75) is 13.0 Å². The number of anilines is 1. The number of nitrogens with one attached hydrogen (secondary N) is 2. The second-order valence-electron chi connectivity index (χ2n) is 7.00. The van der Waals surface area contributed by atoms with E-state index in [4.69, 9.17) is 5.73 Å². The van der Waals surface area contributed by atoms with Crippen LogP contribution in [-0.4, -0.2) is 48.7 Å². The summed E-state index contributed by atoms with van der Waals surface area (Å²) in [5.41, 5.74) is 7.35. The van der Waals surface area contributed by atoms with Gasteiger partial charge in [0, 0.05) is 6.42 Å². The lowest BCUT2D eigenvalue weighted by atomic mass is 10.0. The quantitative estimate of drug-likeness (QED) is 0.610. The third-order valence-corrected chi connectivity index (χ3v) is 6.18. The van der Waals surface area contributed by atoms with Crippen molar-refractivity contribution in [2.24, 2.45) is 5.73 Å². The molecule has 3 heterocycles. The van der Waals surface area contributed by atoms with E-state index in [2.05, 4.69) is 12.4 Å². The molecule has 0 saturated heterocycles. The summed E-state index contributed by atoms with van der Waals surface area (Å²) >= 11 is 1.33. The van der Waals surface area contributed by atoms with Gasteiger partial charge in [0.1, 0.15) is 18.1 Å². The molecule has 2 aromatic rings. The highest BCUT2D eigenvalue weighted by Crippen LogP contribution is 2.34. The van der Waals surface area contributed by atoms with E-state index < -0.39 is 30.2 Å². The van der Waals surface area contributed by atoms with Crippen LogP contribution in [0.4, 0.5) is 5.00 Å². The van der Waals surface area contributed by atoms with Gasteiger partial charge in [0.15, 0.2) is 0 Å². The van der Waals surface area contributed by atoms with Crippen molar-refractivity contribution < 1.29 is 24.1 Å². The fourth-order valence-electron chi connectivity index (χ4n) is 3.66. The maximum Gasteiger partial charge on any atom is 0.262 e. The van der Waals surface area contributed by atoms with E-state index in [-0.39, 0.29) is 11.1 Å². The largest absolute Gasteiger partial charge is 0.365 e. The number of carbonyl (C=O) groups is 4. The van der Waals surface area contributed by atoms with Gasteiger partial charge in [-0.3, -0.25) is 24.1 Å². The van der Waals surface area contributed by atoms with Crippen molar-refractivity contribution >= 4 is 40.0 Å². The SMILES string of the molecule is C[NH+]1CCc2c(sc(NC(=O)CN3C(=O)c4ccccc4C3=O)c2C(N)=O)C1. The highest BCUT2D eigenvalue weighted by Gasteiger charge is 2.36. The van der Waals surface area contributed by atoms with E-state index in [1.54, 1.807) is 24.3 Å². The molecule has 4 amide bonds. The van der Waals surface area contributed by atoms with Crippen LogP contribution in [0.2, 0.25) is 0 Å². The number of primary amides is 1. The molecule has 0 fully saturated rings. The first kappa shape index (κ1) is 18.3. The number of nitrogens with zero attached hydrogens (tertiary/aromatic N) is 1. The molecule has 0 aliphatic carbocycles. The molecule has 4 rings (SSSR count). The number of amides is 4. The fraction of sp³-hybridized carbons (Fsp3) is 0.263. The Morgan fingerprint density at radius 1 is 1.21 bits per heavy atom. The molecule has 1 aromatic carbocycles. The first-order chi connectivity index (χ1) is 13.4. The minimum absolute atomic E-state index is 0.288. The molecule has 1 atom stereocenters. The van der Waals surface area contributed by atoms with E-state index >= 15 is 0 Å². The minimum Gasteiger partial charge on any atom is -0.365 e. The van der Waals surface area contributed by atoms with E-state index in [9.17, 15) is 19.2 Å². The molecule has 144 valence electrons. The van der Waals surface area contributed by atoms with Gasteiger partial charge in [-0.15, -0.1) is 11.3 Å². The molecule has 1 unspecified atom stereocenters. The summed E-state index contributed by atoms with van der Waals surface area (Å²) in [7, 11) is 2.06. The van der Waals surface area contributed by atoms with E-state index in [0.29, 0.717) is 17.0 Å². The van der Waals surface area contributed by atoms with Crippen molar-refractivity contribution in [3.63, 3.8) is 0 Å². The number of nitrogens with two attached hydrogens (primary N) is 1. The van der Waals surface area contributed by atoms with Crippen LogP contribution in [0.3, 0.4) is 0 Å². The number of imide groups is 1. The molecule has 0 bridgehead atoms. The summed E-state index contributed by atoms with van der Waals surface area (Å²) in [6.07, 6.45) is 0.713. The zero-order valence-corrected chi connectivity index (χ0v) is 16.0. The Hall–Kier alpha value is -3.04. The molecular formula is C19H19N4O4S+. The first-order valence-corrected chi connectivity index (χ1v) is 9.69. The molecule has 28 heavy (non-hydrogen) atoms. The van der Waals surface area contributed by atoms with Crippen molar-refractivity contribution in [1.29, 1.82) is 0 Å². The third-order valence-electron chi connectivity index (χ3n) is 5.03. The van der Waals surface area contributed by atoms with Gasteiger partial charge < -0.3 is 16.0 Å². The summed E-state index contributed by atoms with van der Waals surface area (Å²) in [4.78, 5) is 52.6. The monoisotopic (exact) mass is 399 g/mol. The van der Waals surface area contributed by atoms with Crippen LogP contribution in [-0.2, 0) is 17.8 Å². The van der Waals surface area contributed by atoms with Gasteiger partial charge in [-0.2, -0.15) is 0 Å². The second kappa shape index (κ2) is 6.84. The average molecular weight is 399 g/mol. The Bertz CT molecular complexity index is 994. The van der Waals surface area contributed by atoms with Gasteiger partial charge in [-0.05, 0) is 17.7 Å². The van der Waals surface area contributed by atoms with Gasteiger partial charge in [0.05, 0.1) is 35.2 Å². The predicted molar refractivity (Wildman–Crippen MR) is 102 cm³/mol. The standard InChI is InChI=1S/C19H18N4O4S/c1-22-7-6-12-13(8-22)28-17(15(12)16(20)25)21-14(24)9-23-18(26)10-4-2-3-5-11(10)19(23)27/h2-5H,6-9H2,1H3,(H2,20,25)(H,21,24)/p+1. The number of fused-ring (bicyclic) bond motifs is 2. The fourth-order valence-corrected chi connectivity index (χ4v) is 5.04. The number of likely N-dealkylation sites (N-methyl/N-ethyl adjacent to an activating group) is 1. The molecular weight excluding hydrogens is 380 g/mol.